The Labute approximate surface area is 163 Å². The summed E-state index contributed by atoms with van der Waals surface area (Å²) in [4.78, 5) is 18.5. The molecule has 1 aromatic heterocycles. The number of methoxy groups -OCH3 is 2. The summed E-state index contributed by atoms with van der Waals surface area (Å²) in [6, 6.07) is 4.46. The molecule has 2 aromatic rings. The predicted octanol–water partition coefficient (Wildman–Crippen LogP) is 2.65. The minimum absolute atomic E-state index is 0.567. The van der Waals surface area contributed by atoms with Crippen LogP contribution in [-0.2, 0) is 0 Å². The van der Waals surface area contributed by atoms with Crippen LogP contribution in [0.15, 0.2) is 23.5 Å². The van der Waals surface area contributed by atoms with E-state index >= 15 is 0 Å². The topological polar surface area (TPSA) is 63.1 Å². The van der Waals surface area contributed by atoms with E-state index in [9.17, 15) is 0 Å². The number of rotatable bonds is 4. The van der Waals surface area contributed by atoms with Gasteiger partial charge in [-0.25, -0.2) is 9.97 Å². The number of benzene rings is 1. The number of aromatic nitrogens is 2. The van der Waals surface area contributed by atoms with E-state index in [2.05, 4.69) is 31.0 Å². The van der Waals surface area contributed by atoms with Gasteiger partial charge in [0.2, 0.25) is 0 Å². The molecule has 0 unspecified atom stereocenters. The maximum Gasteiger partial charge on any atom is 0.162 e. The third kappa shape index (κ3) is 3.38. The Morgan fingerprint density at radius 1 is 1.04 bits per heavy atom. The Morgan fingerprint density at radius 3 is 2.48 bits per heavy atom. The molecule has 0 aliphatic carbocycles. The van der Waals surface area contributed by atoms with Gasteiger partial charge in [0.15, 0.2) is 16.7 Å². The van der Waals surface area contributed by atoms with Crippen LogP contribution in [0.1, 0.15) is 12.8 Å². The van der Waals surface area contributed by atoms with E-state index in [-0.39, 0.29) is 0 Å². The highest BCUT2D eigenvalue weighted by Crippen LogP contribution is 2.35. The Bertz CT molecular complexity index is 851. The van der Waals surface area contributed by atoms with E-state index in [1.165, 1.54) is 5.17 Å². The van der Waals surface area contributed by atoms with E-state index in [4.69, 9.17) is 9.47 Å². The average Bonchev–Trinajstić information content (AvgIpc) is 3.21. The summed E-state index contributed by atoms with van der Waals surface area (Å²) < 4.78 is 10.9. The first-order valence-corrected chi connectivity index (χ1v) is 10.4. The zero-order chi connectivity index (χ0) is 18.8. The molecule has 0 radical (unpaired) electrons. The normalized spacial score (nSPS) is 18.1. The summed E-state index contributed by atoms with van der Waals surface area (Å²) in [7, 11) is 3.29. The molecule has 0 N–H and O–H groups in total. The quantitative estimate of drug-likeness (QED) is 0.799. The maximum absolute atomic E-state index is 5.47. The summed E-state index contributed by atoms with van der Waals surface area (Å²) in [5.41, 5.74) is 0.871. The molecule has 7 nitrogen and oxygen atoms in total. The Balaban J connectivity index is 1.56. The molecule has 27 heavy (non-hydrogen) atoms. The highest BCUT2D eigenvalue weighted by molar-refractivity contribution is 8.13. The SMILES string of the molecule is COc1cc2ncnc(N3CCC(N4CCN=C4SC)CC3)c2cc1OC. The van der Waals surface area contributed by atoms with E-state index in [0.29, 0.717) is 17.5 Å². The first-order chi connectivity index (χ1) is 13.2. The third-order valence-electron chi connectivity index (χ3n) is 5.34. The second kappa shape index (κ2) is 7.80. The molecule has 0 saturated carbocycles. The molecule has 2 aliphatic rings. The van der Waals surface area contributed by atoms with Crippen LogP contribution in [0.4, 0.5) is 5.82 Å². The first-order valence-electron chi connectivity index (χ1n) is 9.22. The van der Waals surface area contributed by atoms with Gasteiger partial charge in [0, 0.05) is 37.1 Å². The number of thioether (sulfide) groups is 1. The number of hydrogen-bond acceptors (Lipinski definition) is 8. The number of hydrogen-bond donors (Lipinski definition) is 0. The van der Waals surface area contributed by atoms with Crippen LogP contribution in [0.3, 0.4) is 0 Å². The highest BCUT2D eigenvalue weighted by atomic mass is 32.2. The lowest BCUT2D eigenvalue weighted by atomic mass is 10.0. The summed E-state index contributed by atoms with van der Waals surface area (Å²) in [5.74, 6) is 2.36. The number of piperidine rings is 1. The number of ether oxygens (including phenoxy) is 2. The van der Waals surface area contributed by atoms with Crippen molar-refractivity contribution in [1.29, 1.82) is 0 Å². The van der Waals surface area contributed by atoms with Gasteiger partial charge in [-0.1, -0.05) is 11.8 Å². The van der Waals surface area contributed by atoms with Gasteiger partial charge < -0.3 is 19.3 Å². The van der Waals surface area contributed by atoms with Gasteiger partial charge in [-0.3, -0.25) is 4.99 Å². The molecule has 0 bridgehead atoms. The molecule has 0 amide bonds. The van der Waals surface area contributed by atoms with Crippen molar-refractivity contribution in [2.45, 2.75) is 18.9 Å². The summed E-state index contributed by atoms with van der Waals surface area (Å²) >= 11 is 1.76. The number of anilines is 1. The second-order valence-electron chi connectivity index (χ2n) is 6.70. The fourth-order valence-corrected chi connectivity index (χ4v) is 4.67. The Hall–Kier alpha value is -2.22. The predicted molar refractivity (Wildman–Crippen MR) is 110 cm³/mol. The van der Waals surface area contributed by atoms with Crippen LogP contribution in [-0.4, -0.2) is 72.7 Å². The van der Waals surface area contributed by atoms with Gasteiger partial charge in [-0.15, -0.1) is 0 Å². The van der Waals surface area contributed by atoms with Crippen LogP contribution in [0.25, 0.3) is 10.9 Å². The van der Waals surface area contributed by atoms with Crippen molar-refractivity contribution in [2.75, 3.05) is 51.6 Å². The van der Waals surface area contributed by atoms with E-state index in [1.807, 2.05) is 12.1 Å². The van der Waals surface area contributed by atoms with Gasteiger partial charge in [-0.05, 0) is 25.2 Å². The molecule has 1 fully saturated rings. The molecular weight excluding hydrogens is 362 g/mol. The zero-order valence-electron chi connectivity index (χ0n) is 16.0. The molecule has 144 valence electrons. The summed E-state index contributed by atoms with van der Waals surface area (Å²) in [6.07, 6.45) is 5.96. The molecule has 2 aliphatic heterocycles. The lowest BCUT2D eigenvalue weighted by Gasteiger charge is -2.38. The molecule has 3 heterocycles. The van der Waals surface area contributed by atoms with Crippen molar-refractivity contribution in [1.82, 2.24) is 14.9 Å². The van der Waals surface area contributed by atoms with Crippen LogP contribution in [0, 0.1) is 0 Å². The number of nitrogens with zero attached hydrogens (tertiary/aromatic N) is 5. The largest absolute Gasteiger partial charge is 0.493 e. The molecule has 0 spiro atoms. The number of amidine groups is 1. The lowest BCUT2D eigenvalue weighted by molar-refractivity contribution is 0.287. The highest BCUT2D eigenvalue weighted by Gasteiger charge is 2.29. The zero-order valence-corrected chi connectivity index (χ0v) is 16.8. The van der Waals surface area contributed by atoms with E-state index < -0.39 is 0 Å². The van der Waals surface area contributed by atoms with Gasteiger partial charge in [0.1, 0.15) is 12.1 Å². The molecule has 1 aromatic carbocycles. The van der Waals surface area contributed by atoms with Crippen molar-refractivity contribution >= 4 is 33.7 Å². The monoisotopic (exact) mass is 387 g/mol. The van der Waals surface area contributed by atoms with Gasteiger partial charge in [-0.2, -0.15) is 0 Å². The van der Waals surface area contributed by atoms with Crippen LogP contribution in [0.2, 0.25) is 0 Å². The van der Waals surface area contributed by atoms with Crippen molar-refractivity contribution in [3.05, 3.63) is 18.5 Å². The van der Waals surface area contributed by atoms with Crippen LogP contribution in [0.5, 0.6) is 11.5 Å². The number of aliphatic imine (C=N–C) groups is 1. The minimum Gasteiger partial charge on any atom is -0.493 e. The van der Waals surface area contributed by atoms with Crippen molar-refractivity contribution in [3.63, 3.8) is 0 Å². The van der Waals surface area contributed by atoms with Gasteiger partial charge in [0.25, 0.3) is 0 Å². The molecule has 4 rings (SSSR count). The minimum atomic E-state index is 0.567. The molecular formula is C19H25N5O2S. The first kappa shape index (κ1) is 18.2. The number of fused-ring (bicyclic) bond motifs is 1. The second-order valence-corrected chi connectivity index (χ2v) is 7.48. The maximum atomic E-state index is 5.47. The smallest absolute Gasteiger partial charge is 0.162 e. The molecule has 8 heteroatoms. The Morgan fingerprint density at radius 2 is 1.78 bits per heavy atom. The van der Waals surface area contributed by atoms with Crippen molar-refractivity contribution in [2.24, 2.45) is 4.99 Å². The fraction of sp³-hybridized carbons (Fsp3) is 0.526. The van der Waals surface area contributed by atoms with Gasteiger partial charge in [0.05, 0.1) is 26.3 Å². The van der Waals surface area contributed by atoms with Crippen molar-refractivity contribution < 1.29 is 9.47 Å². The van der Waals surface area contributed by atoms with Gasteiger partial charge >= 0.3 is 0 Å². The molecule has 0 atom stereocenters. The lowest BCUT2D eigenvalue weighted by Crippen LogP contribution is -2.46. The van der Waals surface area contributed by atoms with Crippen LogP contribution >= 0.6 is 11.8 Å². The standard InChI is InChI=1S/C19H25N5O2S/c1-25-16-10-14-15(11-17(16)26-2)21-12-22-18(14)23-7-4-13(5-8-23)24-9-6-20-19(24)27-3/h10-13H,4-9H2,1-3H3. The average molecular weight is 388 g/mol. The third-order valence-corrected chi connectivity index (χ3v) is 6.07. The van der Waals surface area contributed by atoms with E-state index in [1.54, 1.807) is 32.3 Å². The van der Waals surface area contributed by atoms with Crippen LogP contribution < -0.4 is 14.4 Å². The Kier molecular flexibility index (Phi) is 5.24. The fourth-order valence-electron chi connectivity index (χ4n) is 3.97. The summed E-state index contributed by atoms with van der Waals surface area (Å²) in [5, 5.41) is 2.19. The van der Waals surface area contributed by atoms with E-state index in [0.717, 1.165) is 55.7 Å². The molecule has 1 saturated heterocycles. The van der Waals surface area contributed by atoms with Crippen molar-refractivity contribution in [3.8, 4) is 11.5 Å². The summed E-state index contributed by atoms with van der Waals surface area (Å²) in [6.45, 7) is 3.93.